The van der Waals surface area contributed by atoms with Crippen molar-refractivity contribution in [3.63, 3.8) is 0 Å². The molecule has 5 nitrogen and oxygen atoms in total. The summed E-state index contributed by atoms with van der Waals surface area (Å²) in [6.45, 7) is 2.92. The van der Waals surface area contributed by atoms with Gasteiger partial charge in [-0.2, -0.15) is 0 Å². The van der Waals surface area contributed by atoms with Gasteiger partial charge in [-0.15, -0.1) is 11.3 Å². The van der Waals surface area contributed by atoms with E-state index in [4.69, 9.17) is 4.74 Å². The molecule has 6 heteroatoms. The molecule has 0 aliphatic carbocycles. The van der Waals surface area contributed by atoms with Gasteiger partial charge in [0, 0.05) is 23.5 Å². The van der Waals surface area contributed by atoms with Gasteiger partial charge in [0.15, 0.2) is 6.61 Å². The Morgan fingerprint density at radius 2 is 2.19 bits per heavy atom. The third-order valence-electron chi connectivity index (χ3n) is 5.14. The second-order valence-electron chi connectivity index (χ2n) is 6.72. The van der Waals surface area contributed by atoms with Crippen LogP contribution in [0.15, 0.2) is 29.6 Å². The molecule has 0 saturated heterocycles. The normalized spacial score (nSPS) is 18.7. The Kier molecular flexibility index (Phi) is 4.68. The van der Waals surface area contributed by atoms with Gasteiger partial charge >= 0.3 is 0 Å². The molecule has 2 amide bonds. The minimum Gasteiger partial charge on any atom is -0.484 e. The number of ether oxygens (including phenoxy) is 1. The fraction of sp³-hybridized carbons (Fsp3) is 0.400. The predicted molar refractivity (Wildman–Crippen MR) is 102 cm³/mol. The fourth-order valence-electron chi connectivity index (χ4n) is 3.81. The summed E-state index contributed by atoms with van der Waals surface area (Å²) in [5, 5.41) is 4.97. The SMILES string of the molecule is CCC1c2ccsc2CCN1C(=O)COc1ccc2c(c1)CCC(=O)N2. The summed E-state index contributed by atoms with van der Waals surface area (Å²) in [5.74, 6) is 0.749. The number of anilines is 1. The molecule has 2 aliphatic heterocycles. The largest absolute Gasteiger partial charge is 0.484 e. The van der Waals surface area contributed by atoms with Crippen LogP contribution in [0.4, 0.5) is 5.69 Å². The minimum atomic E-state index is 0.0275. The summed E-state index contributed by atoms with van der Waals surface area (Å²) in [6.07, 6.45) is 3.03. The summed E-state index contributed by atoms with van der Waals surface area (Å²) in [5.41, 5.74) is 3.19. The molecule has 1 N–H and O–H groups in total. The maximum Gasteiger partial charge on any atom is 0.261 e. The number of aryl methyl sites for hydroxylation is 1. The van der Waals surface area contributed by atoms with Crippen LogP contribution in [0.3, 0.4) is 0 Å². The molecule has 4 rings (SSSR count). The van der Waals surface area contributed by atoms with Gasteiger partial charge in [0.2, 0.25) is 5.91 Å². The lowest BCUT2D eigenvalue weighted by Crippen LogP contribution is -2.41. The second kappa shape index (κ2) is 7.11. The minimum absolute atomic E-state index is 0.0275. The number of carbonyl (C=O) groups excluding carboxylic acids is 2. The molecule has 0 radical (unpaired) electrons. The number of hydrogen-bond acceptors (Lipinski definition) is 4. The highest BCUT2D eigenvalue weighted by Gasteiger charge is 2.30. The molecule has 2 aromatic rings. The molecular weight excluding hydrogens is 348 g/mol. The fourth-order valence-corrected chi connectivity index (χ4v) is 4.74. The molecule has 1 aromatic carbocycles. The van der Waals surface area contributed by atoms with E-state index in [0.717, 1.165) is 30.6 Å². The van der Waals surface area contributed by atoms with Crippen molar-refractivity contribution in [1.29, 1.82) is 0 Å². The Morgan fingerprint density at radius 1 is 1.31 bits per heavy atom. The van der Waals surface area contributed by atoms with Crippen LogP contribution in [0.1, 0.15) is 41.8 Å². The quantitative estimate of drug-likeness (QED) is 0.895. The van der Waals surface area contributed by atoms with E-state index in [0.29, 0.717) is 18.6 Å². The van der Waals surface area contributed by atoms with Crippen LogP contribution in [0.5, 0.6) is 5.75 Å². The maximum absolute atomic E-state index is 12.8. The van der Waals surface area contributed by atoms with Crippen molar-refractivity contribution in [3.8, 4) is 5.75 Å². The Bertz CT molecular complexity index is 845. The van der Waals surface area contributed by atoms with Gasteiger partial charge in [-0.3, -0.25) is 9.59 Å². The Balaban J connectivity index is 1.42. The lowest BCUT2D eigenvalue weighted by Gasteiger charge is -2.35. The lowest BCUT2D eigenvalue weighted by molar-refractivity contribution is -0.136. The van der Waals surface area contributed by atoms with Crippen LogP contribution in [-0.4, -0.2) is 29.9 Å². The molecule has 1 unspecified atom stereocenters. The van der Waals surface area contributed by atoms with Gasteiger partial charge in [0.25, 0.3) is 5.91 Å². The summed E-state index contributed by atoms with van der Waals surface area (Å²) in [4.78, 5) is 27.5. The van der Waals surface area contributed by atoms with Crippen molar-refractivity contribution in [3.05, 3.63) is 45.6 Å². The zero-order valence-corrected chi connectivity index (χ0v) is 15.6. The van der Waals surface area contributed by atoms with Crippen LogP contribution in [0.2, 0.25) is 0 Å². The molecule has 0 bridgehead atoms. The Labute approximate surface area is 157 Å². The van der Waals surface area contributed by atoms with E-state index in [2.05, 4.69) is 23.7 Å². The highest BCUT2D eigenvalue weighted by molar-refractivity contribution is 7.10. The monoisotopic (exact) mass is 370 g/mol. The first-order valence-electron chi connectivity index (χ1n) is 9.07. The zero-order chi connectivity index (χ0) is 18.1. The average Bonchev–Trinajstić information content (AvgIpc) is 3.14. The summed E-state index contributed by atoms with van der Waals surface area (Å²) in [6, 6.07) is 7.88. The van der Waals surface area contributed by atoms with Crippen LogP contribution in [0, 0.1) is 0 Å². The van der Waals surface area contributed by atoms with E-state index in [1.54, 1.807) is 11.3 Å². The molecule has 0 spiro atoms. The van der Waals surface area contributed by atoms with Gasteiger partial charge in [-0.25, -0.2) is 0 Å². The van der Waals surface area contributed by atoms with Gasteiger partial charge in [-0.05, 0) is 60.0 Å². The van der Waals surface area contributed by atoms with Gasteiger partial charge in [0.1, 0.15) is 5.75 Å². The van der Waals surface area contributed by atoms with Crippen LogP contribution < -0.4 is 10.1 Å². The highest BCUT2D eigenvalue weighted by atomic mass is 32.1. The number of rotatable bonds is 4. The molecule has 0 saturated carbocycles. The predicted octanol–water partition coefficient (Wildman–Crippen LogP) is 3.55. The Morgan fingerprint density at radius 3 is 3.04 bits per heavy atom. The second-order valence-corrected chi connectivity index (χ2v) is 7.72. The van der Waals surface area contributed by atoms with Crippen molar-refractivity contribution >= 4 is 28.8 Å². The van der Waals surface area contributed by atoms with Gasteiger partial charge < -0.3 is 15.0 Å². The van der Waals surface area contributed by atoms with Crippen LogP contribution in [-0.2, 0) is 22.4 Å². The Hall–Kier alpha value is -2.34. The van der Waals surface area contributed by atoms with Crippen molar-refractivity contribution in [2.24, 2.45) is 0 Å². The number of hydrogen-bond donors (Lipinski definition) is 1. The number of carbonyl (C=O) groups is 2. The van der Waals surface area contributed by atoms with E-state index in [9.17, 15) is 9.59 Å². The van der Waals surface area contributed by atoms with Crippen molar-refractivity contribution < 1.29 is 14.3 Å². The number of fused-ring (bicyclic) bond motifs is 2. The first-order valence-corrected chi connectivity index (χ1v) is 9.95. The number of nitrogens with one attached hydrogen (secondary N) is 1. The van der Waals surface area contributed by atoms with Crippen molar-refractivity contribution in [2.45, 2.75) is 38.6 Å². The number of amides is 2. The molecular formula is C20H22N2O3S. The van der Waals surface area contributed by atoms with E-state index in [-0.39, 0.29) is 24.5 Å². The lowest BCUT2D eigenvalue weighted by atomic mass is 9.98. The number of thiophene rings is 1. The van der Waals surface area contributed by atoms with Gasteiger partial charge in [-0.1, -0.05) is 6.92 Å². The summed E-state index contributed by atoms with van der Waals surface area (Å²) < 4.78 is 5.77. The van der Waals surface area contributed by atoms with Crippen molar-refractivity contribution in [2.75, 3.05) is 18.5 Å². The van der Waals surface area contributed by atoms with Crippen LogP contribution in [0.25, 0.3) is 0 Å². The number of nitrogens with zero attached hydrogens (tertiary/aromatic N) is 1. The molecule has 136 valence electrons. The summed E-state index contributed by atoms with van der Waals surface area (Å²) in [7, 11) is 0. The first kappa shape index (κ1) is 17.1. The highest BCUT2D eigenvalue weighted by Crippen LogP contribution is 2.35. The number of benzene rings is 1. The van der Waals surface area contributed by atoms with E-state index in [1.807, 2.05) is 23.1 Å². The maximum atomic E-state index is 12.8. The third kappa shape index (κ3) is 3.21. The van der Waals surface area contributed by atoms with E-state index < -0.39 is 0 Å². The molecule has 26 heavy (non-hydrogen) atoms. The topological polar surface area (TPSA) is 58.6 Å². The molecule has 2 aliphatic rings. The van der Waals surface area contributed by atoms with Crippen molar-refractivity contribution in [1.82, 2.24) is 4.90 Å². The van der Waals surface area contributed by atoms with E-state index in [1.165, 1.54) is 10.4 Å². The standard InChI is InChI=1S/C20H22N2O3S/c1-2-17-15-8-10-26-18(15)7-9-22(17)20(24)12-25-14-4-5-16-13(11-14)3-6-19(23)21-16/h4-5,8,10-11,17H,2-3,6-7,9,12H2,1H3,(H,21,23). The molecule has 0 fully saturated rings. The third-order valence-corrected chi connectivity index (χ3v) is 6.13. The van der Waals surface area contributed by atoms with Gasteiger partial charge in [0.05, 0.1) is 6.04 Å². The molecule has 1 aromatic heterocycles. The zero-order valence-electron chi connectivity index (χ0n) is 14.8. The smallest absolute Gasteiger partial charge is 0.261 e. The first-order chi connectivity index (χ1) is 12.7. The molecule has 3 heterocycles. The average molecular weight is 370 g/mol. The van der Waals surface area contributed by atoms with Crippen LogP contribution >= 0.6 is 11.3 Å². The van der Waals surface area contributed by atoms with E-state index >= 15 is 0 Å². The molecule has 1 atom stereocenters. The summed E-state index contributed by atoms with van der Waals surface area (Å²) >= 11 is 1.78.